The highest BCUT2D eigenvalue weighted by Gasteiger charge is 2.31. The van der Waals surface area contributed by atoms with Crippen LogP contribution in [0.4, 0.5) is 0 Å². The predicted octanol–water partition coefficient (Wildman–Crippen LogP) is 2.01. The molecule has 1 unspecified atom stereocenters. The van der Waals surface area contributed by atoms with Crippen molar-refractivity contribution < 1.29 is 14.7 Å². The smallest absolute Gasteiger partial charge is 0.322 e. The van der Waals surface area contributed by atoms with Gasteiger partial charge in [0, 0.05) is 6.54 Å². The van der Waals surface area contributed by atoms with Gasteiger partial charge in [-0.25, -0.2) is 0 Å². The van der Waals surface area contributed by atoms with Crippen LogP contribution in [0.25, 0.3) is 0 Å². The van der Waals surface area contributed by atoms with Crippen LogP contribution in [0.3, 0.4) is 0 Å². The van der Waals surface area contributed by atoms with E-state index in [9.17, 15) is 9.59 Å². The summed E-state index contributed by atoms with van der Waals surface area (Å²) in [7, 11) is 0. The predicted molar refractivity (Wildman–Crippen MR) is 78.6 cm³/mol. The average Bonchev–Trinajstić information content (AvgIpc) is 2.41. The number of carboxylic acids is 1. The molecule has 1 saturated heterocycles. The number of nitrogens with one attached hydrogen (secondary N) is 1. The van der Waals surface area contributed by atoms with E-state index in [0.29, 0.717) is 6.54 Å². The molecule has 20 heavy (non-hydrogen) atoms. The maximum absolute atomic E-state index is 11.3. The van der Waals surface area contributed by atoms with E-state index in [1.165, 1.54) is 38.5 Å². The number of hydrogen-bond acceptors (Lipinski definition) is 3. The van der Waals surface area contributed by atoms with Crippen molar-refractivity contribution in [3.8, 4) is 0 Å². The van der Waals surface area contributed by atoms with Crippen molar-refractivity contribution in [3.63, 3.8) is 0 Å². The second-order valence-electron chi connectivity index (χ2n) is 5.60. The van der Waals surface area contributed by atoms with Crippen molar-refractivity contribution in [1.29, 1.82) is 0 Å². The minimum absolute atomic E-state index is 0.0675. The molecule has 0 aromatic rings. The Bertz CT molecular complexity index is 307. The number of carbonyl (C=O) groups is 2. The summed E-state index contributed by atoms with van der Waals surface area (Å²) in [6.07, 6.45) is 9.80. The van der Waals surface area contributed by atoms with E-state index >= 15 is 0 Å². The summed E-state index contributed by atoms with van der Waals surface area (Å²) in [4.78, 5) is 24.2. The maximum atomic E-state index is 11.3. The van der Waals surface area contributed by atoms with Gasteiger partial charge in [0.2, 0.25) is 5.91 Å². The van der Waals surface area contributed by atoms with Crippen LogP contribution in [0.5, 0.6) is 0 Å². The van der Waals surface area contributed by atoms with E-state index in [2.05, 4.69) is 12.2 Å². The van der Waals surface area contributed by atoms with E-state index in [4.69, 9.17) is 5.11 Å². The fourth-order valence-electron chi connectivity index (χ4n) is 2.62. The van der Waals surface area contributed by atoms with Crippen LogP contribution in [0, 0.1) is 0 Å². The number of piperazine rings is 1. The van der Waals surface area contributed by atoms with Crippen LogP contribution in [0.15, 0.2) is 0 Å². The second-order valence-corrected chi connectivity index (χ2v) is 5.60. The van der Waals surface area contributed by atoms with Crippen molar-refractivity contribution in [3.05, 3.63) is 0 Å². The van der Waals surface area contributed by atoms with Gasteiger partial charge in [0.1, 0.15) is 6.04 Å². The van der Waals surface area contributed by atoms with E-state index in [0.717, 1.165) is 12.8 Å². The number of aliphatic carboxylic acids is 1. The zero-order valence-corrected chi connectivity index (χ0v) is 12.6. The standard InChI is InChI=1S/C15H28N2O3/c1-2-3-4-5-6-7-8-9-10-17-12-14(18)16-11-13(17)15(19)20/h13H,2-12H2,1H3,(H,16,18)(H,19,20). The monoisotopic (exact) mass is 284 g/mol. The summed E-state index contributed by atoms with van der Waals surface area (Å²) < 4.78 is 0. The third-order valence-corrected chi connectivity index (χ3v) is 3.86. The molecule has 1 rings (SSSR count). The summed E-state index contributed by atoms with van der Waals surface area (Å²) in [5.41, 5.74) is 0. The molecular formula is C15H28N2O3. The fourth-order valence-corrected chi connectivity index (χ4v) is 2.62. The number of nitrogens with zero attached hydrogens (tertiary/aromatic N) is 1. The molecule has 1 heterocycles. The lowest BCUT2D eigenvalue weighted by atomic mass is 10.1. The van der Waals surface area contributed by atoms with Crippen molar-refractivity contribution in [2.45, 2.75) is 64.3 Å². The Hall–Kier alpha value is -1.10. The van der Waals surface area contributed by atoms with E-state index < -0.39 is 12.0 Å². The molecule has 5 nitrogen and oxygen atoms in total. The van der Waals surface area contributed by atoms with Crippen LogP contribution >= 0.6 is 0 Å². The van der Waals surface area contributed by atoms with Crippen LogP contribution in [0.2, 0.25) is 0 Å². The molecule has 0 radical (unpaired) electrons. The number of carbonyl (C=O) groups excluding carboxylic acids is 1. The van der Waals surface area contributed by atoms with Gasteiger partial charge in [-0.3, -0.25) is 14.5 Å². The first kappa shape index (κ1) is 17.0. The lowest BCUT2D eigenvalue weighted by Gasteiger charge is -2.32. The number of rotatable bonds is 10. The van der Waals surface area contributed by atoms with Gasteiger partial charge < -0.3 is 10.4 Å². The first-order valence-corrected chi connectivity index (χ1v) is 7.88. The summed E-state index contributed by atoms with van der Waals surface area (Å²) >= 11 is 0. The van der Waals surface area contributed by atoms with Gasteiger partial charge in [-0.05, 0) is 13.0 Å². The van der Waals surface area contributed by atoms with Crippen LogP contribution in [-0.4, -0.2) is 47.6 Å². The van der Waals surface area contributed by atoms with Gasteiger partial charge in [0.15, 0.2) is 0 Å². The molecular weight excluding hydrogens is 256 g/mol. The third kappa shape index (κ3) is 6.37. The van der Waals surface area contributed by atoms with Gasteiger partial charge in [-0.2, -0.15) is 0 Å². The van der Waals surface area contributed by atoms with Gasteiger partial charge in [0.25, 0.3) is 0 Å². The molecule has 0 aliphatic carbocycles. The molecule has 1 aliphatic heterocycles. The molecule has 2 N–H and O–H groups in total. The second kappa shape index (κ2) is 9.75. The van der Waals surface area contributed by atoms with Crippen molar-refractivity contribution in [2.75, 3.05) is 19.6 Å². The highest BCUT2D eigenvalue weighted by atomic mass is 16.4. The van der Waals surface area contributed by atoms with Crippen LogP contribution in [-0.2, 0) is 9.59 Å². The van der Waals surface area contributed by atoms with Crippen molar-refractivity contribution in [1.82, 2.24) is 10.2 Å². The molecule has 0 spiro atoms. The first-order chi connectivity index (χ1) is 9.65. The van der Waals surface area contributed by atoms with Crippen LogP contribution in [0.1, 0.15) is 58.3 Å². The number of unbranched alkanes of at least 4 members (excludes halogenated alkanes) is 7. The van der Waals surface area contributed by atoms with Gasteiger partial charge >= 0.3 is 5.97 Å². The Labute approximate surface area is 121 Å². The van der Waals surface area contributed by atoms with Gasteiger partial charge in [-0.15, -0.1) is 0 Å². The molecule has 1 fully saturated rings. The zero-order chi connectivity index (χ0) is 14.8. The molecule has 0 bridgehead atoms. The minimum atomic E-state index is -0.843. The average molecular weight is 284 g/mol. The highest BCUT2D eigenvalue weighted by molar-refractivity contribution is 5.83. The Morgan fingerprint density at radius 1 is 1.20 bits per heavy atom. The Morgan fingerprint density at radius 3 is 2.40 bits per heavy atom. The maximum Gasteiger partial charge on any atom is 0.322 e. The summed E-state index contributed by atoms with van der Waals surface area (Å²) in [5.74, 6) is -0.911. The van der Waals surface area contributed by atoms with Gasteiger partial charge in [0.05, 0.1) is 6.54 Å². The van der Waals surface area contributed by atoms with E-state index in [1.54, 1.807) is 4.90 Å². The Morgan fingerprint density at radius 2 is 1.80 bits per heavy atom. The van der Waals surface area contributed by atoms with E-state index in [1.807, 2.05) is 0 Å². The minimum Gasteiger partial charge on any atom is -0.480 e. The Balaban J connectivity index is 2.12. The van der Waals surface area contributed by atoms with Crippen LogP contribution < -0.4 is 5.32 Å². The molecule has 0 aromatic heterocycles. The molecule has 1 amide bonds. The van der Waals surface area contributed by atoms with Crippen molar-refractivity contribution >= 4 is 11.9 Å². The summed E-state index contributed by atoms with van der Waals surface area (Å²) in [5, 5.41) is 11.7. The SMILES string of the molecule is CCCCCCCCCCN1CC(=O)NCC1C(=O)O. The largest absolute Gasteiger partial charge is 0.480 e. The quantitative estimate of drug-likeness (QED) is 0.602. The van der Waals surface area contributed by atoms with E-state index in [-0.39, 0.29) is 19.0 Å². The molecule has 1 atom stereocenters. The molecule has 0 aromatic carbocycles. The zero-order valence-electron chi connectivity index (χ0n) is 12.6. The first-order valence-electron chi connectivity index (χ1n) is 7.88. The normalized spacial score (nSPS) is 19.9. The lowest BCUT2D eigenvalue weighted by molar-refractivity contribution is -0.146. The topological polar surface area (TPSA) is 69.6 Å². The number of carboxylic acid groups (broad SMARTS) is 1. The highest BCUT2D eigenvalue weighted by Crippen LogP contribution is 2.11. The fraction of sp³-hybridized carbons (Fsp3) is 0.867. The Kier molecular flexibility index (Phi) is 8.26. The molecule has 0 saturated carbocycles. The molecule has 5 heteroatoms. The number of amides is 1. The molecule has 116 valence electrons. The van der Waals surface area contributed by atoms with Crippen molar-refractivity contribution in [2.24, 2.45) is 0 Å². The molecule has 1 aliphatic rings. The number of hydrogen-bond donors (Lipinski definition) is 2. The lowest BCUT2D eigenvalue weighted by Crippen LogP contribution is -2.57. The summed E-state index contributed by atoms with van der Waals surface area (Å²) in [6.45, 7) is 3.37. The van der Waals surface area contributed by atoms with Gasteiger partial charge in [-0.1, -0.05) is 51.9 Å². The third-order valence-electron chi connectivity index (χ3n) is 3.86. The summed E-state index contributed by atoms with van der Waals surface area (Å²) in [6, 6.07) is -0.558.